The van der Waals surface area contributed by atoms with Crippen molar-refractivity contribution in [2.75, 3.05) is 0 Å². The molecule has 160 valence electrons. The molecule has 1 aliphatic carbocycles. The number of hydrogen-bond acceptors (Lipinski definition) is 4. The van der Waals surface area contributed by atoms with E-state index in [-0.39, 0.29) is 30.1 Å². The largest absolute Gasteiger partial charge is 0.481 e. The molecule has 0 radical (unpaired) electrons. The first-order valence-corrected chi connectivity index (χ1v) is 10.8. The SMILES string of the molecule is CCCCCC(O)/C=C/[C@H]1C(n2ccnc2)CC(=O)[C@H]1C/C=C\CCCC(=O)O. The molecule has 1 aliphatic rings. The minimum Gasteiger partial charge on any atom is -0.481 e. The third kappa shape index (κ3) is 7.61. The average Bonchev–Trinajstić information content (AvgIpc) is 3.31. The summed E-state index contributed by atoms with van der Waals surface area (Å²) in [5, 5.41) is 19.0. The summed E-state index contributed by atoms with van der Waals surface area (Å²) in [5.41, 5.74) is 0. The van der Waals surface area contributed by atoms with Gasteiger partial charge in [-0.3, -0.25) is 9.59 Å². The Morgan fingerprint density at radius 2 is 2.17 bits per heavy atom. The van der Waals surface area contributed by atoms with Gasteiger partial charge in [0.2, 0.25) is 0 Å². The van der Waals surface area contributed by atoms with Crippen LogP contribution in [0.25, 0.3) is 0 Å². The van der Waals surface area contributed by atoms with E-state index < -0.39 is 12.1 Å². The van der Waals surface area contributed by atoms with Crippen LogP contribution in [-0.2, 0) is 9.59 Å². The van der Waals surface area contributed by atoms with E-state index >= 15 is 0 Å². The molecule has 2 unspecified atom stereocenters. The molecule has 6 heteroatoms. The number of aliphatic hydroxyl groups is 1. The Morgan fingerprint density at radius 1 is 1.34 bits per heavy atom. The van der Waals surface area contributed by atoms with E-state index in [4.69, 9.17) is 5.11 Å². The number of rotatable bonds is 13. The maximum atomic E-state index is 12.7. The number of aliphatic carboxylic acids is 1. The monoisotopic (exact) mass is 402 g/mol. The molecule has 29 heavy (non-hydrogen) atoms. The highest BCUT2D eigenvalue weighted by atomic mass is 16.4. The first-order valence-electron chi connectivity index (χ1n) is 10.8. The van der Waals surface area contributed by atoms with Crippen LogP contribution >= 0.6 is 0 Å². The van der Waals surface area contributed by atoms with E-state index in [1.165, 1.54) is 0 Å². The molecule has 1 heterocycles. The Hall–Kier alpha value is -2.21. The van der Waals surface area contributed by atoms with Crippen molar-refractivity contribution in [3.8, 4) is 0 Å². The number of Topliss-reactive ketones (excluding diaryl/α,β-unsaturated/α-hetero) is 1. The molecule has 1 aromatic heterocycles. The Kier molecular flexibility index (Phi) is 9.84. The Morgan fingerprint density at radius 3 is 2.86 bits per heavy atom. The molecular formula is C23H34N2O4. The number of carboxylic acids is 1. The van der Waals surface area contributed by atoms with Gasteiger partial charge >= 0.3 is 5.97 Å². The first-order chi connectivity index (χ1) is 14.0. The third-order valence-corrected chi connectivity index (χ3v) is 5.62. The summed E-state index contributed by atoms with van der Waals surface area (Å²) in [6.45, 7) is 2.14. The fourth-order valence-corrected chi connectivity index (χ4v) is 3.99. The average molecular weight is 403 g/mol. The Bertz CT molecular complexity index is 681. The van der Waals surface area contributed by atoms with Crippen molar-refractivity contribution in [3.05, 3.63) is 43.0 Å². The summed E-state index contributed by atoms with van der Waals surface area (Å²) in [4.78, 5) is 27.4. The number of carbonyl (C=O) groups is 2. The molecule has 4 atom stereocenters. The van der Waals surface area contributed by atoms with Crippen LogP contribution in [-0.4, -0.2) is 37.6 Å². The van der Waals surface area contributed by atoms with Crippen LogP contribution in [0.1, 0.15) is 70.8 Å². The summed E-state index contributed by atoms with van der Waals surface area (Å²) in [6.07, 6.45) is 19.3. The standard InChI is InChI=1S/C23H34N2O4/c1-2-3-6-9-18(26)12-13-19-20(10-7-4-5-8-11-23(28)29)22(27)16-21(19)25-15-14-24-17-25/h4,7,12-15,17-21,26H,2-3,5-6,8-11,16H2,1H3,(H,28,29)/b7-4-,13-12+/t18?,19-,20+,21?/m1/s1. The van der Waals surface area contributed by atoms with Crippen molar-refractivity contribution in [2.24, 2.45) is 11.8 Å². The molecule has 6 nitrogen and oxygen atoms in total. The molecule has 0 saturated heterocycles. The van der Waals surface area contributed by atoms with Crippen molar-refractivity contribution < 1.29 is 19.8 Å². The van der Waals surface area contributed by atoms with Crippen LogP contribution in [0.2, 0.25) is 0 Å². The molecule has 1 aromatic rings. The van der Waals surface area contributed by atoms with Gasteiger partial charge in [-0.15, -0.1) is 0 Å². The quantitative estimate of drug-likeness (QED) is 0.378. The van der Waals surface area contributed by atoms with Crippen LogP contribution in [0.4, 0.5) is 0 Å². The lowest BCUT2D eigenvalue weighted by atomic mass is 9.89. The predicted molar refractivity (Wildman–Crippen MR) is 112 cm³/mol. The second-order valence-electron chi connectivity index (χ2n) is 7.87. The number of ketones is 1. The number of carbonyl (C=O) groups excluding carboxylic acids is 1. The van der Waals surface area contributed by atoms with Crippen molar-refractivity contribution in [2.45, 2.75) is 76.9 Å². The Labute approximate surface area is 173 Å². The molecular weight excluding hydrogens is 368 g/mol. The maximum Gasteiger partial charge on any atom is 0.303 e. The van der Waals surface area contributed by atoms with Gasteiger partial charge in [0, 0.05) is 43.1 Å². The van der Waals surface area contributed by atoms with Crippen molar-refractivity contribution in [1.82, 2.24) is 9.55 Å². The molecule has 0 bridgehead atoms. The molecule has 0 aromatic carbocycles. The normalized spacial score (nSPS) is 23.4. The second kappa shape index (κ2) is 12.4. The number of allylic oxidation sites excluding steroid dienone is 3. The van der Waals surface area contributed by atoms with Gasteiger partial charge < -0.3 is 14.8 Å². The lowest BCUT2D eigenvalue weighted by Gasteiger charge is -2.21. The zero-order valence-electron chi connectivity index (χ0n) is 17.3. The van der Waals surface area contributed by atoms with Crippen LogP contribution in [0.15, 0.2) is 43.0 Å². The molecule has 0 amide bonds. The van der Waals surface area contributed by atoms with Crippen LogP contribution in [0, 0.1) is 11.8 Å². The summed E-state index contributed by atoms with van der Waals surface area (Å²) in [5.74, 6) is -0.664. The lowest BCUT2D eigenvalue weighted by Crippen LogP contribution is -2.18. The highest BCUT2D eigenvalue weighted by Crippen LogP contribution is 2.41. The minimum absolute atomic E-state index is 0.0150. The van der Waals surface area contributed by atoms with E-state index in [1.54, 1.807) is 12.5 Å². The predicted octanol–water partition coefficient (Wildman–Crippen LogP) is 4.33. The summed E-state index contributed by atoms with van der Waals surface area (Å²) >= 11 is 0. The molecule has 0 spiro atoms. The van der Waals surface area contributed by atoms with Crippen molar-refractivity contribution in [3.63, 3.8) is 0 Å². The second-order valence-corrected chi connectivity index (χ2v) is 7.87. The van der Waals surface area contributed by atoms with E-state index in [2.05, 4.69) is 11.9 Å². The van der Waals surface area contributed by atoms with Gasteiger partial charge in [-0.25, -0.2) is 4.98 Å². The number of aromatic nitrogens is 2. The molecule has 0 aliphatic heterocycles. The number of aliphatic hydroxyl groups excluding tert-OH is 1. The highest BCUT2D eigenvalue weighted by Gasteiger charge is 2.41. The van der Waals surface area contributed by atoms with Gasteiger partial charge in [0.1, 0.15) is 5.78 Å². The number of imidazole rings is 1. The summed E-state index contributed by atoms with van der Waals surface area (Å²) in [6, 6.07) is 0.0227. The van der Waals surface area contributed by atoms with E-state index in [0.29, 0.717) is 25.7 Å². The highest BCUT2D eigenvalue weighted by molar-refractivity contribution is 5.84. The molecule has 1 fully saturated rings. The lowest BCUT2D eigenvalue weighted by molar-refractivity contribution is -0.137. The molecule has 1 saturated carbocycles. The van der Waals surface area contributed by atoms with Gasteiger partial charge in [0.15, 0.2) is 0 Å². The topological polar surface area (TPSA) is 92.4 Å². The summed E-state index contributed by atoms with van der Waals surface area (Å²) < 4.78 is 1.99. The van der Waals surface area contributed by atoms with E-state index in [1.807, 2.05) is 35.1 Å². The number of carboxylic acid groups (broad SMARTS) is 1. The summed E-state index contributed by atoms with van der Waals surface area (Å²) in [7, 11) is 0. The first kappa shape index (κ1) is 23.1. The van der Waals surface area contributed by atoms with Crippen molar-refractivity contribution >= 4 is 11.8 Å². The van der Waals surface area contributed by atoms with Crippen LogP contribution in [0.3, 0.4) is 0 Å². The van der Waals surface area contributed by atoms with E-state index in [0.717, 1.165) is 25.7 Å². The van der Waals surface area contributed by atoms with Gasteiger partial charge in [-0.05, 0) is 25.7 Å². The van der Waals surface area contributed by atoms with Crippen molar-refractivity contribution in [1.29, 1.82) is 0 Å². The smallest absolute Gasteiger partial charge is 0.303 e. The van der Waals surface area contributed by atoms with Crippen LogP contribution in [0.5, 0.6) is 0 Å². The van der Waals surface area contributed by atoms with Crippen LogP contribution < -0.4 is 0 Å². The van der Waals surface area contributed by atoms with Gasteiger partial charge in [-0.2, -0.15) is 0 Å². The van der Waals surface area contributed by atoms with Gasteiger partial charge in [-0.1, -0.05) is 50.5 Å². The fourth-order valence-electron chi connectivity index (χ4n) is 3.99. The third-order valence-electron chi connectivity index (χ3n) is 5.62. The molecule has 2 N–H and O–H groups in total. The fraction of sp³-hybridized carbons (Fsp3) is 0.609. The van der Waals surface area contributed by atoms with Gasteiger partial charge in [0.25, 0.3) is 0 Å². The minimum atomic E-state index is -0.782. The van der Waals surface area contributed by atoms with Gasteiger partial charge in [0.05, 0.1) is 12.4 Å². The molecule has 2 rings (SSSR count). The number of nitrogens with zero attached hydrogens (tertiary/aromatic N) is 2. The van der Waals surface area contributed by atoms with E-state index in [9.17, 15) is 14.7 Å². The zero-order valence-corrected chi connectivity index (χ0v) is 17.3. The Balaban J connectivity index is 2.01. The maximum absolute atomic E-state index is 12.7. The number of hydrogen-bond donors (Lipinski definition) is 2. The zero-order chi connectivity index (χ0) is 21.1. The number of unbranched alkanes of at least 4 members (excludes halogenated alkanes) is 3.